The molecule has 0 bridgehead atoms. The van der Waals surface area contributed by atoms with Crippen LogP contribution < -0.4 is 0 Å². The number of alkyl halides is 3. The molecule has 8 nitrogen and oxygen atoms in total. The molecule has 1 aromatic rings. The zero-order valence-electron chi connectivity index (χ0n) is 33.9. The van der Waals surface area contributed by atoms with Gasteiger partial charge in [-0.2, -0.15) is 0 Å². The van der Waals surface area contributed by atoms with Crippen molar-refractivity contribution in [1.29, 1.82) is 0 Å². The van der Waals surface area contributed by atoms with Crippen molar-refractivity contribution in [3.05, 3.63) is 60.0 Å². The van der Waals surface area contributed by atoms with Crippen LogP contribution in [0.5, 0.6) is 0 Å². The normalized spacial score (nSPS) is 19.2. The maximum atomic E-state index is 14.7. The van der Waals surface area contributed by atoms with E-state index in [-0.39, 0.29) is 29.1 Å². The maximum Gasteiger partial charge on any atom is 0.508 e. The Bertz CT molecular complexity index is 1490. The standard InChI is InChI=1S/C41H62Cl3NO7Si/c1-15-30-21-31(32-20-19-26(4)23-45-32)28(6)36(30)50-34(46)22-33(52-53(13,14)39(8,9)10)40(11,12)37(47)29(7)35(27(5)18-16-17-25(2)3)51-38(48)49-24-41(42,43)44/h15,19-20,23,27,29-30,33,35-36H,1-2,16-18,21-22,24H2,3-14H3/t27-,29+,30+,33-,35-,36?/m0/s1. The van der Waals surface area contributed by atoms with Gasteiger partial charge in [0, 0.05) is 17.5 Å². The van der Waals surface area contributed by atoms with Gasteiger partial charge in [-0.25, -0.2) is 4.79 Å². The third-order valence-corrected chi connectivity index (χ3v) is 15.7. The van der Waals surface area contributed by atoms with E-state index in [9.17, 15) is 14.4 Å². The Morgan fingerprint density at radius 2 is 1.70 bits per heavy atom. The number of carbonyl (C=O) groups is 3. The van der Waals surface area contributed by atoms with Gasteiger partial charge in [0.25, 0.3) is 0 Å². The third-order valence-electron chi connectivity index (χ3n) is 10.9. The predicted molar refractivity (Wildman–Crippen MR) is 219 cm³/mol. The molecule has 2 rings (SSSR count). The summed E-state index contributed by atoms with van der Waals surface area (Å²) in [7, 11) is -2.54. The van der Waals surface area contributed by atoms with Crippen LogP contribution in [0.15, 0.2) is 48.7 Å². The van der Waals surface area contributed by atoms with Crippen molar-refractivity contribution in [3.63, 3.8) is 0 Å². The van der Waals surface area contributed by atoms with E-state index in [1.807, 2.05) is 52.1 Å². The van der Waals surface area contributed by atoms with Gasteiger partial charge in [0.15, 0.2) is 8.32 Å². The number of ether oxygens (including phenoxy) is 3. The van der Waals surface area contributed by atoms with Crippen molar-refractivity contribution >= 4 is 66.6 Å². The lowest BCUT2D eigenvalue weighted by atomic mass is 9.73. The van der Waals surface area contributed by atoms with Crippen molar-refractivity contribution in [2.75, 3.05) is 6.61 Å². The summed E-state index contributed by atoms with van der Waals surface area (Å²) < 4.78 is 22.2. The van der Waals surface area contributed by atoms with Gasteiger partial charge >= 0.3 is 12.1 Å². The average Bonchev–Trinajstić information content (AvgIpc) is 3.34. The minimum atomic E-state index is -2.54. The number of rotatable bonds is 18. The number of hydrogen-bond acceptors (Lipinski definition) is 8. The Morgan fingerprint density at radius 3 is 2.21 bits per heavy atom. The lowest BCUT2D eigenvalue weighted by Gasteiger charge is -2.44. The molecule has 1 unspecified atom stereocenters. The zero-order chi connectivity index (χ0) is 40.7. The number of allylic oxidation sites excluding steroid dienone is 2. The summed E-state index contributed by atoms with van der Waals surface area (Å²) in [6.07, 6.45) is 3.08. The van der Waals surface area contributed by atoms with E-state index in [2.05, 4.69) is 52.0 Å². The minimum absolute atomic E-state index is 0.128. The number of nitrogens with zero attached hydrogens (tertiary/aromatic N) is 1. The quantitative estimate of drug-likeness (QED) is 0.0625. The fourth-order valence-electron chi connectivity index (χ4n) is 6.43. The van der Waals surface area contributed by atoms with Crippen LogP contribution in [0.4, 0.5) is 4.79 Å². The fourth-order valence-corrected chi connectivity index (χ4v) is 8.04. The van der Waals surface area contributed by atoms with E-state index in [1.54, 1.807) is 20.8 Å². The van der Waals surface area contributed by atoms with Crippen LogP contribution >= 0.6 is 34.8 Å². The SMILES string of the molecule is C=C[C@@H]1CC(c2ccc(C)cn2)=C(C)C1OC(=O)C[C@H](O[Si](C)(C)C(C)(C)C)C(C)(C)C(=O)[C@H](C)[C@@H](OC(=O)OCC(Cl)(Cl)Cl)[C@@H](C)CCCC(=C)C. The van der Waals surface area contributed by atoms with Crippen molar-refractivity contribution in [2.24, 2.45) is 23.2 Å². The predicted octanol–water partition coefficient (Wildman–Crippen LogP) is 11.6. The van der Waals surface area contributed by atoms with Crippen molar-refractivity contribution in [3.8, 4) is 0 Å². The number of aryl methyl sites for hydroxylation is 1. The van der Waals surface area contributed by atoms with E-state index in [4.69, 9.17) is 53.4 Å². The molecular formula is C41H62Cl3NO7Si. The zero-order valence-corrected chi connectivity index (χ0v) is 37.1. The Hall–Kier alpha value is -2.17. The number of carbonyl (C=O) groups excluding carboxylic acids is 3. The molecule has 0 amide bonds. The molecule has 0 spiro atoms. The molecule has 12 heteroatoms. The number of esters is 1. The Labute approximate surface area is 334 Å². The highest BCUT2D eigenvalue weighted by Gasteiger charge is 2.49. The van der Waals surface area contributed by atoms with E-state index >= 15 is 0 Å². The molecule has 1 aromatic heterocycles. The smallest absolute Gasteiger partial charge is 0.457 e. The third kappa shape index (κ3) is 13.5. The summed E-state index contributed by atoms with van der Waals surface area (Å²) in [6.45, 7) is 31.1. The number of halogens is 3. The second-order valence-corrected chi connectivity index (χ2v) is 24.2. The molecule has 53 heavy (non-hydrogen) atoms. The summed E-state index contributed by atoms with van der Waals surface area (Å²) in [5.41, 5.74) is 3.69. The fraction of sp³-hybridized carbons (Fsp3) is 0.659. The van der Waals surface area contributed by atoms with Gasteiger partial charge in [-0.3, -0.25) is 14.6 Å². The van der Waals surface area contributed by atoms with Gasteiger partial charge < -0.3 is 18.6 Å². The molecule has 0 fully saturated rings. The molecule has 0 saturated heterocycles. The molecule has 0 aliphatic heterocycles. The van der Waals surface area contributed by atoms with Gasteiger partial charge in [-0.05, 0) is 93.3 Å². The first-order valence-electron chi connectivity index (χ1n) is 18.4. The van der Waals surface area contributed by atoms with Crippen molar-refractivity contribution in [2.45, 2.75) is 142 Å². The van der Waals surface area contributed by atoms with Gasteiger partial charge in [0.1, 0.15) is 24.6 Å². The molecule has 0 aromatic carbocycles. The van der Waals surface area contributed by atoms with Gasteiger partial charge in [0.2, 0.25) is 3.79 Å². The molecule has 0 radical (unpaired) electrons. The highest BCUT2D eigenvalue weighted by molar-refractivity contribution is 6.74. The molecule has 1 aliphatic rings. The van der Waals surface area contributed by atoms with E-state index in [1.165, 1.54) is 0 Å². The molecule has 0 N–H and O–H groups in total. The molecule has 298 valence electrons. The second kappa shape index (κ2) is 19.1. The van der Waals surface area contributed by atoms with Crippen molar-refractivity contribution < 1.29 is 33.0 Å². The first-order chi connectivity index (χ1) is 24.2. The van der Waals surface area contributed by atoms with E-state index < -0.39 is 60.5 Å². The van der Waals surface area contributed by atoms with Crippen LogP contribution in [0.1, 0.15) is 106 Å². The van der Waals surface area contributed by atoms with Gasteiger partial charge in [0.05, 0.1) is 24.1 Å². The molecule has 1 aliphatic carbocycles. The minimum Gasteiger partial charge on any atom is -0.457 e. The van der Waals surface area contributed by atoms with Crippen LogP contribution in [-0.2, 0) is 28.2 Å². The maximum absolute atomic E-state index is 14.7. The Morgan fingerprint density at radius 1 is 1.08 bits per heavy atom. The summed E-state index contributed by atoms with van der Waals surface area (Å²) in [4.78, 5) is 46.2. The highest BCUT2D eigenvalue weighted by atomic mass is 35.6. The molecular weight excluding hydrogens is 753 g/mol. The summed E-state index contributed by atoms with van der Waals surface area (Å²) >= 11 is 17.4. The summed E-state index contributed by atoms with van der Waals surface area (Å²) in [6, 6.07) is 4.00. The molecule has 1 heterocycles. The lowest BCUT2D eigenvalue weighted by molar-refractivity contribution is -0.154. The molecule has 0 saturated carbocycles. The highest BCUT2D eigenvalue weighted by Crippen LogP contribution is 2.44. The van der Waals surface area contributed by atoms with Gasteiger partial charge in [-0.1, -0.05) is 101 Å². The number of Topliss-reactive ketones (excluding diaryl/α,β-unsaturated/α-hetero) is 1. The number of aromatic nitrogens is 1. The Balaban J connectivity index is 2.46. The summed E-state index contributed by atoms with van der Waals surface area (Å²) in [5.74, 6) is -1.88. The first-order valence-corrected chi connectivity index (χ1v) is 22.5. The van der Waals surface area contributed by atoms with Crippen molar-refractivity contribution in [1.82, 2.24) is 4.98 Å². The largest absolute Gasteiger partial charge is 0.508 e. The first kappa shape index (κ1) is 47.0. The summed E-state index contributed by atoms with van der Waals surface area (Å²) in [5, 5.41) is -0.218. The van der Waals surface area contributed by atoms with Gasteiger partial charge in [-0.15, -0.1) is 13.2 Å². The Kier molecular flexibility index (Phi) is 16.9. The number of pyridine rings is 1. The topological polar surface area (TPSA) is 101 Å². The average molecular weight is 815 g/mol. The van der Waals surface area contributed by atoms with Crippen LogP contribution in [0.3, 0.4) is 0 Å². The van der Waals surface area contributed by atoms with Crippen LogP contribution in [-0.4, -0.2) is 59.9 Å². The number of hydrogen-bond donors (Lipinski definition) is 0. The van der Waals surface area contributed by atoms with Crippen LogP contribution in [0.2, 0.25) is 18.1 Å². The van der Waals surface area contributed by atoms with Crippen LogP contribution in [0, 0.1) is 30.1 Å². The second-order valence-electron chi connectivity index (χ2n) is 16.9. The van der Waals surface area contributed by atoms with Crippen LogP contribution in [0.25, 0.3) is 5.57 Å². The monoisotopic (exact) mass is 813 g/mol. The van der Waals surface area contributed by atoms with E-state index in [0.717, 1.165) is 40.8 Å². The van der Waals surface area contributed by atoms with E-state index in [0.29, 0.717) is 12.8 Å². The molecule has 6 atom stereocenters. The lowest BCUT2D eigenvalue weighted by Crippen LogP contribution is -2.53. The number of ketones is 1.